The Morgan fingerprint density at radius 1 is 1.40 bits per heavy atom. The summed E-state index contributed by atoms with van der Waals surface area (Å²) in [4.78, 5) is 38.5. The monoisotopic (exact) mass is 433 g/mol. The number of carbonyl (C=O) groups is 3. The number of anilines is 2. The van der Waals surface area contributed by atoms with Gasteiger partial charge in [-0.15, -0.1) is 11.3 Å². The van der Waals surface area contributed by atoms with Crippen LogP contribution in [0, 0.1) is 0 Å². The zero-order valence-electron chi connectivity index (χ0n) is 17.6. The first-order valence-electron chi connectivity index (χ1n) is 9.49. The predicted molar refractivity (Wildman–Crippen MR) is 118 cm³/mol. The van der Waals surface area contributed by atoms with E-state index in [4.69, 9.17) is 15.2 Å². The number of nitrogens with two attached hydrogens (primary N) is 1. The van der Waals surface area contributed by atoms with Crippen molar-refractivity contribution in [3.05, 3.63) is 40.1 Å². The molecule has 1 aliphatic rings. The Morgan fingerprint density at radius 3 is 2.60 bits per heavy atom. The van der Waals surface area contributed by atoms with Gasteiger partial charge in [0.2, 0.25) is 5.91 Å². The maximum absolute atomic E-state index is 11.9. The Kier molecular flexibility index (Phi) is 8.37. The number of hydrogen-bond donors (Lipinski definition) is 1. The highest BCUT2D eigenvalue weighted by Gasteiger charge is 2.33. The minimum atomic E-state index is -0.448. The molecule has 0 aliphatic carbocycles. The molecule has 1 aromatic heterocycles. The highest BCUT2D eigenvalue weighted by molar-refractivity contribution is 7.13. The molecular weight excluding hydrogens is 406 g/mol. The van der Waals surface area contributed by atoms with Gasteiger partial charge in [-0.1, -0.05) is 6.92 Å². The minimum Gasteiger partial charge on any atom is -0.494 e. The summed E-state index contributed by atoms with van der Waals surface area (Å²) in [6.45, 7) is 4.22. The zero-order valence-corrected chi connectivity index (χ0v) is 18.4. The average Bonchev–Trinajstić information content (AvgIpc) is 3.39. The van der Waals surface area contributed by atoms with Gasteiger partial charge in [0.05, 0.1) is 24.2 Å². The summed E-state index contributed by atoms with van der Waals surface area (Å²) in [5.41, 5.74) is 6.81. The molecule has 1 unspecified atom stereocenters. The summed E-state index contributed by atoms with van der Waals surface area (Å²) in [6, 6.07) is 9.04. The van der Waals surface area contributed by atoms with Crippen LogP contribution in [0.1, 0.15) is 28.4 Å². The highest BCUT2D eigenvalue weighted by Crippen LogP contribution is 2.34. The number of methoxy groups -OCH3 is 1. The topological polar surface area (TPSA) is 102 Å². The van der Waals surface area contributed by atoms with E-state index in [1.165, 1.54) is 28.7 Å². The van der Waals surface area contributed by atoms with Gasteiger partial charge in [-0.05, 0) is 30.7 Å². The van der Waals surface area contributed by atoms with E-state index in [-0.39, 0.29) is 18.6 Å². The first-order chi connectivity index (χ1) is 14.3. The highest BCUT2D eigenvalue weighted by atomic mass is 32.1. The first-order valence-corrected chi connectivity index (χ1v) is 10.3. The van der Waals surface area contributed by atoms with Crippen LogP contribution in [-0.2, 0) is 16.0 Å². The Bertz CT molecular complexity index is 899. The minimum absolute atomic E-state index is 0.0893. The Balaban J connectivity index is 0.000000297. The van der Waals surface area contributed by atoms with Crippen LogP contribution in [-0.4, -0.2) is 51.6 Å². The van der Waals surface area contributed by atoms with Gasteiger partial charge in [0.25, 0.3) is 0 Å². The lowest BCUT2D eigenvalue weighted by Gasteiger charge is -2.20. The van der Waals surface area contributed by atoms with Crippen molar-refractivity contribution in [1.29, 1.82) is 0 Å². The molecule has 3 rings (SSSR count). The molecule has 1 aliphatic heterocycles. The lowest BCUT2D eigenvalue weighted by molar-refractivity contribution is -0.116. The van der Waals surface area contributed by atoms with E-state index in [9.17, 15) is 14.4 Å². The Morgan fingerprint density at radius 2 is 2.13 bits per heavy atom. The van der Waals surface area contributed by atoms with Crippen molar-refractivity contribution in [3.8, 4) is 5.75 Å². The van der Waals surface area contributed by atoms with Gasteiger partial charge < -0.3 is 20.1 Å². The number of nitrogens with zero attached hydrogens (tertiary/aromatic N) is 2. The summed E-state index contributed by atoms with van der Waals surface area (Å²) < 4.78 is 10.5. The quantitative estimate of drug-likeness (QED) is 0.703. The summed E-state index contributed by atoms with van der Waals surface area (Å²) >= 11 is 1.56. The van der Waals surface area contributed by atoms with Crippen molar-refractivity contribution in [2.45, 2.75) is 26.4 Å². The zero-order chi connectivity index (χ0) is 22.3. The number of aldehydes is 1. The fraction of sp³-hybridized carbons (Fsp3) is 0.381. The van der Waals surface area contributed by atoms with Crippen LogP contribution in [0.25, 0.3) is 0 Å². The molecule has 2 amide bonds. The van der Waals surface area contributed by atoms with E-state index in [1.807, 2.05) is 12.1 Å². The summed E-state index contributed by atoms with van der Waals surface area (Å²) in [6.07, 6.45) is 1.15. The number of carbonyl (C=O) groups excluding carboxylic acids is 3. The SMILES string of the molecule is CCc1ccc(C=O)s1.COc1cc(N(C)C(C)=O)ccc1N1CC(CN)OC1=O. The number of benzene rings is 1. The third kappa shape index (κ3) is 5.58. The molecule has 0 spiro atoms. The number of rotatable bonds is 6. The molecule has 0 bridgehead atoms. The van der Waals surface area contributed by atoms with Crippen molar-refractivity contribution in [1.82, 2.24) is 0 Å². The molecule has 8 nitrogen and oxygen atoms in total. The molecule has 9 heteroatoms. The second-order valence-electron chi connectivity index (χ2n) is 6.56. The van der Waals surface area contributed by atoms with Crippen molar-refractivity contribution < 1.29 is 23.9 Å². The number of hydrogen-bond acceptors (Lipinski definition) is 7. The summed E-state index contributed by atoms with van der Waals surface area (Å²) in [7, 11) is 3.18. The molecule has 1 atom stereocenters. The van der Waals surface area contributed by atoms with Gasteiger partial charge in [-0.25, -0.2) is 4.79 Å². The van der Waals surface area contributed by atoms with Crippen LogP contribution in [0.2, 0.25) is 0 Å². The third-order valence-corrected chi connectivity index (χ3v) is 5.75. The number of thiophene rings is 1. The van der Waals surface area contributed by atoms with Crippen LogP contribution in [0.3, 0.4) is 0 Å². The fourth-order valence-electron chi connectivity index (χ4n) is 2.77. The van der Waals surface area contributed by atoms with Crippen molar-refractivity contribution >= 4 is 41.0 Å². The van der Waals surface area contributed by atoms with Gasteiger partial charge in [0, 0.05) is 37.1 Å². The van der Waals surface area contributed by atoms with Crippen LogP contribution >= 0.6 is 11.3 Å². The van der Waals surface area contributed by atoms with E-state index in [2.05, 4.69) is 6.92 Å². The molecule has 1 aromatic carbocycles. The molecule has 2 heterocycles. The first kappa shape index (κ1) is 23.4. The smallest absolute Gasteiger partial charge is 0.414 e. The van der Waals surface area contributed by atoms with Crippen LogP contribution in [0.4, 0.5) is 16.2 Å². The molecular formula is C21H27N3O5S. The maximum atomic E-state index is 11.9. The van der Waals surface area contributed by atoms with Gasteiger partial charge in [-0.3, -0.25) is 14.5 Å². The number of ether oxygens (including phenoxy) is 2. The van der Waals surface area contributed by atoms with Crippen molar-refractivity contribution in [3.63, 3.8) is 0 Å². The number of amides is 2. The molecule has 162 valence electrons. The van der Waals surface area contributed by atoms with Gasteiger partial charge in [0.1, 0.15) is 11.9 Å². The van der Waals surface area contributed by atoms with Crippen LogP contribution in [0.15, 0.2) is 30.3 Å². The van der Waals surface area contributed by atoms with Crippen molar-refractivity contribution in [2.75, 3.05) is 37.0 Å². The molecule has 0 radical (unpaired) electrons. The Labute approximate surface area is 180 Å². The van der Waals surface area contributed by atoms with E-state index < -0.39 is 6.09 Å². The van der Waals surface area contributed by atoms with Crippen LogP contribution in [0.5, 0.6) is 5.75 Å². The lowest BCUT2D eigenvalue weighted by atomic mass is 10.2. The maximum Gasteiger partial charge on any atom is 0.414 e. The molecule has 2 N–H and O–H groups in total. The van der Waals surface area contributed by atoms with Gasteiger partial charge >= 0.3 is 6.09 Å². The van der Waals surface area contributed by atoms with Gasteiger partial charge in [0.15, 0.2) is 6.29 Å². The average molecular weight is 434 g/mol. The second-order valence-corrected chi connectivity index (χ2v) is 7.76. The lowest BCUT2D eigenvalue weighted by Crippen LogP contribution is -2.28. The van der Waals surface area contributed by atoms with Crippen LogP contribution < -0.4 is 20.3 Å². The van der Waals surface area contributed by atoms with E-state index >= 15 is 0 Å². The van der Waals surface area contributed by atoms with E-state index in [1.54, 1.807) is 36.6 Å². The normalized spacial score (nSPS) is 15.2. The third-order valence-electron chi connectivity index (χ3n) is 4.60. The number of aryl methyl sites for hydroxylation is 1. The molecule has 2 aromatic rings. The Hall–Kier alpha value is -2.91. The summed E-state index contributed by atoms with van der Waals surface area (Å²) in [5.74, 6) is 0.406. The number of cyclic esters (lactones) is 1. The fourth-order valence-corrected chi connectivity index (χ4v) is 3.54. The second kappa shape index (κ2) is 10.7. The molecule has 1 saturated heterocycles. The van der Waals surface area contributed by atoms with E-state index in [0.29, 0.717) is 23.7 Å². The molecule has 1 fully saturated rings. The predicted octanol–water partition coefficient (Wildman–Crippen LogP) is 3.08. The molecule has 0 saturated carbocycles. The van der Waals surface area contributed by atoms with E-state index in [0.717, 1.165) is 17.6 Å². The summed E-state index contributed by atoms with van der Waals surface area (Å²) in [5, 5.41) is 0. The van der Waals surface area contributed by atoms with Crippen molar-refractivity contribution in [2.24, 2.45) is 5.73 Å². The largest absolute Gasteiger partial charge is 0.494 e. The van der Waals surface area contributed by atoms with Gasteiger partial charge in [-0.2, -0.15) is 0 Å². The standard InChI is InChI=1S/C14H19N3O4.C7H8OS/c1-9(18)16(2)10-4-5-12(13(6-10)20-3)17-8-11(7-15)21-14(17)19;1-2-6-3-4-7(5-8)9-6/h4-6,11H,7-8,15H2,1-3H3;3-5H,2H2,1H3. The molecule has 30 heavy (non-hydrogen) atoms.